The normalized spacial score (nSPS) is 12.4. The first kappa shape index (κ1) is 14.6. The zero-order valence-corrected chi connectivity index (χ0v) is 12.5. The maximum absolute atomic E-state index is 5.79. The fourth-order valence-corrected chi connectivity index (χ4v) is 2.51. The molecule has 0 aliphatic heterocycles. The third-order valence-corrected chi connectivity index (χ3v) is 3.54. The van der Waals surface area contributed by atoms with Crippen LogP contribution in [-0.2, 0) is 13.5 Å². The predicted octanol–water partition coefficient (Wildman–Crippen LogP) is 1.85. The number of aryl methyl sites for hydroxylation is 3. The summed E-state index contributed by atoms with van der Waals surface area (Å²) in [6.45, 7) is 4.16. The number of hydrogen-bond donors (Lipinski definition) is 2. The number of hydrazine groups is 1. The molecular formula is C15H22N4O. The third-order valence-electron chi connectivity index (χ3n) is 3.54. The predicted molar refractivity (Wildman–Crippen MR) is 79.5 cm³/mol. The molecule has 5 heteroatoms. The molecule has 1 heterocycles. The van der Waals surface area contributed by atoms with Crippen molar-refractivity contribution in [3.05, 3.63) is 46.8 Å². The fourth-order valence-electron chi connectivity index (χ4n) is 2.51. The molecule has 3 N–H and O–H groups in total. The molecule has 0 saturated heterocycles. The van der Waals surface area contributed by atoms with Gasteiger partial charge in [0.2, 0.25) is 0 Å². The highest BCUT2D eigenvalue weighted by Gasteiger charge is 2.20. The summed E-state index contributed by atoms with van der Waals surface area (Å²) in [7, 11) is 3.60. The Hall–Kier alpha value is -1.85. The lowest BCUT2D eigenvalue weighted by Crippen LogP contribution is -2.29. The topological polar surface area (TPSA) is 65.1 Å². The van der Waals surface area contributed by atoms with Crippen molar-refractivity contribution in [1.29, 1.82) is 0 Å². The molecule has 5 nitrogen and oxygen atoms in total. The first-order valence-electron chi connectivity index (χ1n) is 6.73. The Bertz CT molecular complexity index is 592. The number of benzene rings is 1. The first-order chi connectivity index (χ1) is 9.60. The van der Waals surface area contributed by atoms with E-state index >= 15 is 0 Å². The minimum absolute atomic E-state index is 0.0652. The SMILES string of the molecule is CCc1nn(C)cc1C(NN)c1ccc(OC)cc1C. The molecule has 2 rings (SSSR count). The van der Waals surface area contributed by atoms with Gasteiger partial charge in [-0.1, -0.05) is 13.0 Å². The number of aromatic nitrogens is 2. The van der Waals surface area contributed by atoms with Gasteiger partial charge in [-0.2, -0.15) is 5.10 Å². The van der Waals surface area contributed by atoms with E-state index < -0.39 is 0 Å². The third kappa shape index (κ3) is 2.69. The van der Waals surface area contributed by atoms with Gasteiger partial charge in [0, 0.05) is 18.8 Å². The van der Waals surface area contributed by atoms with Gasteiger partial charge in [0.15, 0.2) is 0 Å². The van der Waals surface area contributed by atoms with E-state index in [1.807, 2.05) is 36.1 Å². The molecule has 1 unspecified atom stereocenters. The lowest BCUT2D eigenvalue weighted by Gasteiger charge is -2.19. The van der Waals surface area contributed by atoms with Crippen molar-refractivity contribution in [2.75, 3.05) is 7.11 Å². The van der Waals surface area contributed by atoms with Crippen LogP contribution in [0.4, 0.5) is 0 Å². The summed E-state index contributed by atoms with van der Waals surface area (Å²) >= 11 is 0. The molecule has 0 radical (unpaired) electrons. The van der Waals surface area contributed by atoms with Crippen molar-refractivity contribution in [2.45, 2.75) is 26.3 Å². The van der Waals surface area contributed by atoms with Crippen molar-refractivity contribution in [1.82, 2.24) is 15.2 Å². The quantitative estimate of drug-likeness (QED) is 0.645. The van der Waals surface area contributed by atoms with Gasteiger partial charge in [0.25, 0.3) is 0 Å². The van der Waals surface area contributed by atoms with Crippen LogP contribution in [0.15, 0.2) is 24.4 Å². The Morgan fingerprint density at radius 2 is 2.15 bits per heavy atom. The van der Waals surface area contributed by atoms with Crippen molar-refractivity contribution in [2.24, 2.45) is 12.9 Å². The summed E-state index contributed by atoms with van der Waals surface area (Å²) < 4.78 is 7.08. The molecule has 1 aromatic carbocycles. The molecule has 0 saturated carbocycles. The molecule has 0 bridgehead atoms. The zero-order valence-electron chi connectivity index (χ0n) is 12.5. The molecule has 0 fully saturated rings. The van der Waals surface area contributed by atoms with Crippen LogP contribution in [0.1, 0.15) is 35.3 Å². The summed E-state index contributed by atoms with van der Waals surface area (Å²) in [5.74, 6) is 6.64. The number of ether oxygens (including phenoxy) is 1. The van der Waals surface area contributed by atoms with E-state index in [9.17, 15) is 0 Å². The molecular weight excluding hydrogens is 252 g/mol. The van der Waals surface area contributed by atoms with E-state index in [2.05, 4.69) is 24.4 Å². The van der Waals surface area contributed by atoms with Gasteiger partial charge in [0.1, 0.15) is 5.75 Å². The van der Waals surface area contributed by atoms with Crippen molar-refractivity contribution >= 4 is 0 Å². The smallest absolute Gasteiger partial charge is 0.119 e. The van der Waals surface area contributed by atoms with Crippen molar-refractivity contribution in [3.8, 4) is 5.75 Å². The van der Waals surface area contributed by atoms with Crippen LogP contribution in [0.3, 0.4) is 0 Å². The number of methoxy groups -OCH3 is 1. The molecule has 0 aliphatic rings. The maximum Gasteiger partial charge on any atom is 0.119 e. The zero-order chi connectivity index (χ0) is 14.7. The molecule has 0 spiro atoms. The lowest BCUT2D eigenvalue weighted by atomic mass is 9.95. The molecule has 0 amide bonds. The number of nitrogens with one attached hydrogen (secondary N) is 1. The monoisotopic (exact) mass is 274 g/mol. The highest BCUT2D eigenvalue weighted by Crippen LogP contribution is 2.28. The molecule has 108 valence electrons. The number of rotatable bonds is 5. The molecule has 1 aromatic heterocycles. The summed E-state index contributed by atoms with van der Waals surface area (Å²) in [5.41, 5.74) is 7.36. The van der Waals surface area contributed by atoms with E-state index in [1.54, 1.807) is 7.11 Å². The van der Waals surface area contributed by atoms with E-state index in [1.165, 1.54) is 0 Å². The summed E-state index contributed by atoms with van der Waals surface area (Å²) in [5, 5.41) is 4.48. The average molecular weight is 274 g/mol. The van der Waals surface area contributed by atoms with Crippen molar-refractivity contribution < 1.29 is 4.74 Å². The first-order valence-corrected chi connectivity index (χ1v) is 6.73. The molecule has 1 atom stereocenters. The van der Waals surface area contributed by atoms with E-state index in [0.29, 0.717) is 0 Å². The molecule has 20 heavy (non-hydrogen) atoms. The van der Waals surface area contributed by atoms with Crippen LogP contribution in [0.25, 0.3) is 0 Å². The number of nitrogens with zero attached hydrogens (tertiary/aromatic N) is 2. The average Bonchev–Trinajstić information content (AvgIpc) is 2.82. The summed E-state index contributed by atoms with van der Waals surface area (Å²) in [4.78, 5) is 0. The second kappa shape index (κ2) is 6.07. The largest absolute Gasteiger partial charge is 0.497 e. The van der Waals surface area contributed by atoms with Crippen LogP contribution in [-0.4, -0.2) is 16.9 Å². The van der Waals surface area contributed by atoms with Crippen LogP contribution in [0, 0.1) is 6.92 Å². The van der Waals surface area contributed by atoms with Gasteiger partial charge in [-0.15, -0.1) is 0 Å². The Labute approximate surface area is 119 Å². The van der Waals surface area contributed by atoms with Gasteiger partial charge < -0.3 is 4.74 Å². The molecule has 2 aromatic rings. The van der Waals surface area contributed by atoms with Crippen LogP contribution in [0.5, 0.6) is 5.75 Å². The number of hydrogen-bond acceptors (Lipinski definition) is 4. The van der Waals surface area contributed by atoms with Crippen molar-refractivity contribution in [3.63, 3.8) is 0 Å². The van der Waals surface area contributed by atoms with E-state index in [0.717, 1.165) is 34.6 Å². The second-order valence-electron chi connectivity index (χ2n) is 4.88. The lowest BCUT2D eigenvalue weighted by molar-refractivity contribution is 0.414. The summed E-state index contributed by atoms with van der Waals surface area (Å²) in [6.07, 6.45) is 2.90. The Balaban J connectivity index is 2.46. The maximum atomic E-state index is 5.79. The van der Waals surface area contributed by atoms with Gasteiger partial charge in [-0.25, -0.2) is 5.43 Å². The van der Waals surface area contributed by atoms with Crippen LogP contribution < -0.4 is 16.0 Å². The Morgan fingerprint density at radius 1 is 1.40 bits per heavy atom. The minimum Gasteiger partial charge on any atom is -0.497 e. The van der Waals surface area contributed by atoms with Crippen LogP contribution in [0.2, 0.25) is 0 Å². The standard InChI is InChI=1S/C15H22N4O/c1-5-14-13(9-19(3)18-14)15(17-16)12-7-6-11(20-4)8-10(12)2/h6-9,15,17H,5,16H2,1-4H3. The Kier molecular flexibility index (Phi) is 4.42. The van der Waals surface area contributed by atoms with Gasteiger partial charge in [-0.05, 0) is 36.6 Å². The van der Waals surface area contributed by atoms with E-state index in [-0.39, 0.29) is 6.04 Å². The highest BCUT2D eigenvalue weighted by atomic mass is 16.5. The fraction of sp³-hybridized carbons (Fsp3) is 0.400. The number of nitrogens with two attached hydrogens (primary N) is 1. The van der Waals surface area contributed by atoms with Gasteiger partial charge in [-0.3, -0.25) is 10.5 Å². The second-order valence-corrected chi connectivity index (χ2v) is 4.88. The Morgan fingerprint density at radius 3 is 2.70 bits per heavy atom. The van der Waals surface area contributed by atoms with Gasteiger partial charge >= 0.3 is 0 Å². The summed E-state index contributed by atoms with van der Waals surface area (Å²) in [6, 6.07) is 5.95. The minimum atomic E-state index is -0.0652. The van der Waals surface area contributed by atoms with E-state index in [4.69, 9.17) is 10.6 Å². The van der Waals surface area contributed by atoms with Crippen LogP contribution >= 0.6 is 0 Å². The van der Waals surface area contributed by atoms with Gasteiger partial charge in [0.05, 0.1) is 18.8 Å². The highest BCUT2D eigenvalue weighted by molar-refractivity contribution is 5.41. The molecule has 0 aliphatic carbocycles.